The molecule has 0 aliphatic carbocycles. The summed E-state index contributed by atoms with van der Waals surface area (Å²) < 4.78 is 1.80. The molecule has 33 heavy (non-hydrogen) atoms. The van der Waals surface area contributed by atoms with E-state index in [1.165, 1.54) is 10.4 Å². The lowest BCUT2D eigenvalue weighted by Gasteiger charge is -2.27. The first-order valence-electron chi connectivity index (χ1n) is 11.6. The van der Waals surface area contributed by atoms with Gasteiger partial charge in [0.25, 0.3) is 0 Å². The highest BCUT2D eigenvalue weighted by atomic mass is 32.1. The average Bonchev–Trinajstić information content (AvgIpc) is 3.43. The van der Waals surface area contributed by atoms with Crippen LogP contribution in [0.2, 0.25) is 0 Å². The molecule has 2 aromatic heterocycles. The highest BCUT2D eigenvalue weighted by molar-refractivity contribution is 7.15. The molecule has 0 aliphatic heterocycles. The second kappa shape index (κ2) is 13.4. The molecule has 0 saturated heterocycles. The summed E-state index contributed by atoms with van der Waals surface area (Å²) in [5, 5.41) is 4.60. The van der Waals surface area contributed by atoms with Gasteiger partial charge in [-0.2, -0.15) is 0 Å². The Kier molecular flexibility index (Phi) is 10.6. The van der Waals surface area contributed by atoms with Crippen LogP contribution in [0.1, 0.15) is 49.9 Å². The van der Waals surface area contributed by atoms with Crippen molar-refractivity contribution in [3.63, 3.8) is 0 Å². The van der Waals surface area contributed by atoms with E-state index in [0.717, 1.165) is 53.7 Å². The van der Waals surface area contributed by atoms with Crippen LogP contribution in [0, 0.1) is 6.92 Å². The van der Waals surface area contributed by atoms with Gasteiger partial charge in [-0.25, -0.2) is 9.67 Å². The molecule has 176 valence electrons. The van der Waals surface area contributed by atoms with Gasteiger partial charge in [0.05, 0.1) is 4.88 Å². The fourth-order valence-corrected chi connectivity index (χ4v) is 4.09. The van der Waals surface area contributed by atoms with E-state index >= 15 is 0 Å². The van der Waals surface area contributed by atoms with E-state index in [2.05, 4.69) is 66.8 Å². The zero-order valence-electron chi connectivity index (χ0n) is 20.6. The maximum absolute atomic E-state index is 5.79. The van der Waals surface area contributed by atoms with E-state index < -0.39 is 0 Å². The number of hydrogen-bond donors (Lipinski definition) is 1. The van der Waals surface area contributed by atoms with Crippen LogP contribution >= 0.6 is 11.3 Å². The normalized spacial score (nSPS) is 11.4. The largest absolute Gasteiger partial charge is 0.405 e. The maximum Gasteiger partial charge on any atom is 0.191 e. The van der Waals surface area contributed by atoms with Gasteiger partial charge in [0.1, 0.15) is 0 Å². The third kappa shape index (κ3) is 7.46. The number of benzene rings is 1. The molecule has 0 unspecified atom stereocenters. The van der Waals surface area contributed by atoms with Crippen molar-refractivity contribution in [1.29, 1.82) is 0 Å². The summed E-state index contributed by atoms with van der Waals surface area (Å²) in [6, 6.07) is 14.6. The zero-order chi connectivity index (χ0) is 24.2. The smallest absolute Gasteiger partial charge is 0.191 e. The Morgan fingerprint density at radius 1 is 1.18 bits per heavy atom. The first-order chi connectivity index (χ1) is 16.0. The molecule has 2 heterocycles. The fraction of sp³-hybridized carbons (Fsp3) is 0.333. The van der Waals surface area contributed by atoms with Crippen molar-refractivity contribution in [2.75, 3.05) is 6.54 Å². The third-order valence-electron chi connectivity index (χ3n) is 5.03. The molecule has 0 atom stereocenters. The van der Waals surface area contributed by atoms with Gasteiger partial charge in [-0.15, -0.1) is 16.4 Å². The lowest BCUT2D eigenvalue weighted by molar-refractivity contribution is 0.339. The Labute approximate surface area is 203 Å². The highest BCUT2D eigenvalue weighted by Crippen LogP contribution is 2.26. The second-order valence-electron chi connectivity index (χ2n) is 7.49. The van der Waals surface area contributed by atoms with Crippen LogP contribution < -0.4 is 5.73 Å². The Hall–Kier alpha value is -3.12. The van der Waals surface area contributed by atoms with Crippen LogP contribution in [-0.2, 0) is 13.6 Å². The number of rotatable bonds is 10. The van der Waals surface area contributed by atoms with E-state index in [4.69, 9.17) is 10.7 Å². The number of nitrogens with zero attached hydrogens (tertiary/aromatic N) is 4. The van der Waals surface area contributed by atoms with Crippen LogP contribution in [0.4, 0.5) is 0 Å². The Morgan fingerprint density at radius 2 is 1.91 bits per heavy atom. The van der Waals surface area contributed by atoms with Gasteiger partial charge in [-0.1, -0.05) is 64.1 Å². The molecule has 6 heteroatoms. The third-order valence-corrected chi connectivity index (χ3v) is 6.03. The summed E-state index contributed by atoms with van der Waals surface area (Å²) in [4.78, 5) is 9.37. The minimum absolute atomic E-state index is 0.737. The standard InChI is InChI=1S/C25H31N5S.C2H6/c1-5-6-16-30(18-21-10-8-7-9-11-21)20(3)22(14-15-26)17-24-27-25(28-29(24)4)23-13-12-19(2)31-23;1-2/h7-15,17H,3,5-6,16,18,26H2,1-2,4H3;1-2H3/b15-14+,22-17+;. The van der Waals surface area contributed by atoms with Crippen molar-refractivity contribution in [3.8, 4) is 10.7 Å². The van der Waals surface area contributed by atoms with E-state index in [1.54, 1.807) is 22.2 Å². The van der Waals surface area contributed by atoms with Crippen molar-refractivity contribution in [1.82, 2.24) is 19.7 Å². The van der Waals surface area contributed by atoms with E-state index in [1.807, 2.05) is 39.1 Å². The Morgan fingerprint density at radius 3 is 2.52 bits per heavy atom. The minimum atomic E-state index is 0.737. The van der Waals surface area contributed by atoms with Gasteiger partial charge in [-0.3, -0.25) is 0 Å². The Bertz CT molecular complexity index is 1060. The van der Waals surface area contributed by atoms with Gasteiger partial charge in [0.2, 0.25) is 0 Å². The number of unbranched alkanes of at least 4 members (excludes halogenated alkanes) is 1. The van der Waals surface area contributed by atoms with Crippen molar-refractivity contribution in [2.24, 2.45) is 12.8 Å². The van der Waals surface area contributed by atoms with E-state index in [-0.39, 0.29) is 0 Å². The summed E-state index contributed by atoms with van der Waals surface area (Å²) >= 11 is 1.69. The molecule has 1 aromatic carbocycles. The summed E-state index contributed by atoms with van der Waals surface area (Å²) in [5.74, 6) is 1.51. The SMILES string of the molecule is C=C(C(/C=C/N)=C/c1nc(-c2ccc(C)s2)nn1C)N(CCCC)Cc1ccccc1.CC. The van der Waals surface area contributed by atoms with Gasteiger partial charge >= 0.3 is 0 Å². The molecule has 0 radical (unpaired) electrons. The van der Waals surface area contributed by atoms with Crippen LogP contribution in [-0.4, -0.2) is 26.2 Å². The number of hydrogen-bond acceptors (Lipinski definition) is 5. The quantitative estimate of drug-likeness (QED) is 0.346. The van der Waals surface area contributed by atoms with Crippen LogP contribution in [0.25, 0.3) is 16.8 Å². The van der Waals surface area contributed by atoms with Gasteiger partial charge in [0, 0.05) is 36.3 Å². The number of allylic oxidation sites excluding steroid dienone is 1. The molecule has 0 amide bonds. The van der Waals surface area contributed by atoms with Crippen LogP contribution in [0.5, 0.6) is 0 Å². The zero-order valence-corrected chi connectivity index (χ0v) is 21.4. The first kappa shape index (κ1) is 26.1. The van der Waals surface area contributed by atoms with Gasteiger partial charge in [-0.05, 0) is 49.4 Å². The molecule has 0 bridgehead atoms. The molecule has 0 saturated carbocycles. The molecule has 3 aromatic rings. The van der Waals surface area contributed by atoms with Crippen LogP contribution in [0.3, 0.4) is 0 Å². The van der Waals surface area contributed by atoms with E-state index in [0.29, 0.717) is 0 Å². The molecule has 0 spiro atoms. The molecule has 3 rings (SSSR count). The first-order valence-corrected chi connectivity index (χ1v) is 12.4. The summed E-state index contributed by atoms with van der Waals surface area (Å²) in [5.41, 5.74) is 8.90. The average molecular weight is 464 g/mol. The molecule has 2 N–H and O–H groups in total. The maximum atomic E-state index is 5.79. The van der Waals surface area contributed by atoms with Crippen molar-refractivity contribution in [2.45, 2.75) is 47.1 Å². The lowest BCUT2D eigenvalue weighted by atomic mass is 10.1. The molecular weight excluding hydrogens is 426 g/mol. The van der Waals surface area contributed by atoms with Crippen LogP contribution in [0.15, 0.2) is 72.6 Å². The fourth-order valence-electron chi connectivity index (χ4n) is 3.30. The molecule has 0 aliphatic rings. The molecule has 5 nitrogen and oxygen atoms in total. The van der Waals surface area contributed by atoms with E-state index in [9.17, 15) is 0 Å². The highest BCUT2D eigenvalue weighted by Gasteiger charge is 2.14. The predicted octanol–water partition coefficient (Wildman–Crippen LogP) is 6.55. The second-order valence-corrected chi connectivity index (χ2v) is 8.78. The number of aryl methyl sites for hydroxylation is 2. The topological polar surface area (TPSA) is 60.0 Å². The monoisotopic (exact) mass is 463 g/mol. The number of thiophene rings is 1. The number of nitrogens with two attached hydrogens (primary N) is 1. The number of aromatic nitrogens is 3. The van der Waals surface area contributed by atoms with Crippen molar-refractivity contribution < 1.29 is 0 Å². The molecular formula is C27H37N5S. The van der Waals surface area contributed by atoms with Crippen molar-refractivity contribution >= 4 is 17.4 Å². The molecule has 0 fully saturated rings. The van der Waals surface area contributed by atoms with Crippen molar-refractivity contribution in [3.05, 3.63) is 88.9 Å². The summed E-state index contributed by atoms with van der Waals surface area (Å²) in [6.07, 6.45) is 7.66. The Balaban J connectivity index is 0.00000187. The summed E-state index contributed by atoms with van der Waals surface area (Å²) in [6.45, 7) is 14.4. The van der Waals surface area contributed by atoms with Gasteiger partial charge in [0.15, 0.2) is 11.6 Å². The summed E-state index contributed by atoms with van der Waals surface area (Å²) in [7, 11) is 1.91. The predicted molar refractivity (Wildman–Crippen MR) is 143 cm³/mol. The van der Waals surface area contributed by atoms with Gasteiger partial charge < -0.3 is 10.6 Å². The lowest BCUT2D eigenvalue weighted by Crippen LogP contribution is -2.24. The minimum Gasteiger partial charge on any atom is -0.405 e.